The van der Waals surface area contributed by atoms with Gasteiger partial charge in [0.05, 0.1) is 6.20 Å². The highest BCUT2D eigenvalue weighted by Crippen LogP contribution is 2.58. The van der Waals surface area contributed by atoms with E-state index in [4.69, 9.17) is 0 Å². The molecule has 0 spiro atoms. The smallest absolute Gasteiger partial charge is 0.137 e. The molecule has 142 valence electrons. The zero-order valence-electron chi connectivity index (χ0n) is 15.5. The lowest BCUT2D eigenvalue weighted by molar-refractivity contribution is -0.0535. The van der Waals surface area contributed by atoms with Crippen LogP contribution in [0.2, 0.25) is 0 Å². The number of nitrogens with zero attached hydrogens (tertiary/aromatic N) is 3. The predicted molar refractivity (Wildman–Crippen MR) is 103 cm³/mol. The van der Waals surface area contributed by atoms with Crippen molar-refractivity contribution in [1.29, 1.82) is 0 Å². The number of aliphatic hydroxyl groups is 2. The molecule has 0 radical (unpaired) electrons. The van der Waals surface area contributed by atoms with Gasteiger partial charge in [-0.2, -0.15) is 5.10 Å². The second kappa shape index (κ2) is 6.46. The van der Waals surface area contributed by atoms with E-state index in [2.05, 4.69) is 21.1 Å². The van der Waals surface area contributed by atoms with E-state index in [0.717, 1.165) is 28.6 Å². The Morgan fingerprint density at radius 2 is 2.11 bits per heavy atom. The quantitative estimate of drug-likeness (QED) is 0.663. The Morgan fingerprint density at radius 1 is 1.22 bits per heavy atom. The first-order valence-electron chi connectivity index (χ1n) is 9.87. The molecule has 2 fully saturated rings. The molecule has 3 aromatic heterocycles. The SMILES string of the molecule is Cn1cc(-c2c[nH]c3ncc(C4C[C@@H]5CC[C@@H](CO)C(CO)C45)cc23)cn1. The first-order chi connectivity index (χ1) is 13.2. The number of pyridine rings is 1. The minimum Gasteiger partial charge on any atom is -0.396 e. The average molecular weight is 366 g/mol. The fourth-order valence-corrected chi connectivity index (χ4v) is 5.57. The molecule has 2 saturated carbocycles. The third-order valence-corrected chi connectivity index (χ3v) is 7.02. The van der Waals surface area contributed by atoms with E-state index < -0.39 is 0 Å². The number of aromatic amines is 1. The van der Waals surface area contributed by atoms with E-state index >= 15 is 0 Å². The van der Waals surface area contributed by atoms with Crippen LogP contribution in [0.25, 0.3) is 22.2 Å². The topological polar surface area (TPSA) is 87.0 Å². The highest BCUT2D eigenvalue weighted by molar-refractivity contribution is 5.93. The summed E-state index contributed by atoms with van der Waals surface area (Å²) in [6.07, 6.45) is 11.3. The summed E-state index contributed by atoms with van der Waals surface area (Å²) in [4.78, 5) is 7.94. The molecule has 27 heavy (non-hydrogen) atoms. The van der Waals surface area contributed by atoms with Gasteiger partial charge >= 0.3 is 0 Å². The highest BCUT2D eigenvalue weighted by atomic mass is 16.3. The maximum absolute atomic E-state index is 9.97. The second-order valence-electron chi connectivity index (χ2n) is 8.32. The van der Waals surface area contributed by atoms with Gasteiger partial charge in [-0.05, 0) is 60.5 Å². The number of aromatic nitrogens is 4. The predicted octanol–water partition coefficient (Wildman–Crippen LogP) is 2.69. The maximum Gasteiger partial charge on any atom is 0.137 e. The van der Waals surface area contributed by atoms with Gasteiger partial charge in [-0.3, -0.25) is 4.68 Å². The van der Waals surface area contributed by atoms with Gasteiger partial charge in [-0.25, -0.2) is 4.98 Å². The van der Waals surface area contributed by atoms with E-state index in [-0.39, 0.29) is 25.0 Å². The van der Waals surface area contributed by atoms with E-state index in [1.54, 1.807) is 0 Å². The molecule has 3 unspecified atom stereocenters. The van der Waals surface area contributed by atoms with Crippen LogP contribution < -0.4 is 0 Å². The fourth-order valence-electron chi connectivity index (χ4n) is 5.57. The molecule has 0 aliphatic heterocycles. The van der Waals surface area contributed by atoms with Gasteiger partial charge in [0.2, 0.25) is 0 Å². The van der Waals surface area contributed by atoms with Gasteiger partial charge in [0.15, 0.2) is 0 Å². The van der Waals surface area contributed by atoms with E-state index in [9.17, 15) is 10.2 Å². The summed E-state index contributed by atoms with van der Waals surface area (Å²) in [5.74, 6) is 1.99. The molecule has 6 heteroatoms. The first kappa shape index (κ1) is 17.0. The number of nitrogens with one attached hydrogen (secondary N) is 1. The van der Waals surface area contributed by atoms with Crippen LogP contribution in [-0.2, 0) is 7.05 Å². The molecule has 3 heterocycles. The van der Waals surface area contributed by atoms with Crippen molar-refractivity contribution in [3.05, 3.63) is 36.4 Å². The minimum atomic E-state index is 0.170. The standard InChI is InChI=1S/C21H26N4O2/c1-25-9-15(7-24-25)18-8-23-21-17(18)5-14(6-22-21)16-4-12-2-3-13(10-26)19(11-27)20(12)16/h5-9,12-13,16,19-20,26-27H,2-4,10-11H2,1H3,(H,22,23)/t12-,13-,16?,19?,20?/m0/s1. The summed E-state index contributed by atoms with van der Waals surface area (Å²) in [5, 5.41) is 25.1. The van der Waals surface area contributed by atoms with Crippen molar-refractivity contribution < 1.29 is 10.2 Å². The Kier molecular flexibility index (Phi) is 4.06. The molecule has 3 aromatic rings. The van der Waals surface area contributed by atoms with Crippen molar-refractivity contribution >= 4 is 11.0 Å². The average Bonchev–Trinajstić information content (AvgIpc) is 3.27. The van der Waals surface area contributed by atoms with E-state index in [1.165, 1.54) is 18.4 Å². The monoisotopic (exact) mass is 366 g/mol. The van der Waals surface area contributed by atoms with Crippen LogP contribution in [0.1, 0.15) is 30.7 Å². The first-order valence-corrected chi connectivity index (χ1v) is 9.87. The van der Waals surface area contributed by atoms with Crippen molar-refractivity contribution in [1.82, 2.24) is 19.7 Å². The molecule has 5 rings (SSSR count). The Bertz CT molecular complexity index is 962. The van der Waals surface area contributed by atoms with Crippen molar-refractivity contribution in [2.45, 2.75) is 25.2 Å². The van der Waals surface area contributed by atoms with Gasteiger partial charge in [0, 0.05) is 55.4 Å². The molecule has 0 amide bonds. The number of H-pyrrole nitrogens is 1. The van der Waals surface area contributed by atoms with Crippen molar-refractivity contribution in [3.63, 3.8) is 0 Å². The van der Waals surface area contributed by atoms with Crippen LogP contribution in [0.15, 0.2) is 30.9 Å². The molecular weight excluding hydrogens is 340 g/mol. The largest absolute Gasteiger partial charge is 0.396 e. The van der Waals surface area contributed by atoms with Crippen molar-refractivity contribution in [3.8, 4) is 11.1 Å². The summed E-state index contributed by atoms with van der Waals surface area (Å²) in [6.45, 7) is 0.352. The van der Waals surface area contributed by atoms with Gasteiger partial charge < -0.3 is 15.2 Å². The Labute approximate surface area is 158 Å². The fraction of sp³-hybridized carbons (Fsp3) is 0.524. The van der Waals surface area contributed by atoms with Gasteiger partial charge in [0.25, 0.3) is 0 Å². The summed E-state index contributed by atoms with van der Waals surface area (Å²) in [6, 6.07) is 2.26. The molecule has 3 N–H and O–H groups in total. The summed E-state index contributed by atoms with van der Waals surface area (Å²) in [7, 11) is 1.92. The third-order valence-electron chi connectivity index (χ3n) is 7.02. The van der Waals surface area contributed by atoms with Gasteiger partial charge in [-0.15, -0.1) is 0 Å². The van der Waals surface area contributed by atoms with Crippen molar-refractivity contribution in [2.75, 3.05) is 13.2 Å². The Balaban J connectivity index is 1.50. The highest BCUT2D eigenvalue weighted by Gasteiger charge is 2.50. The Morgan fingerprint density at radius 3 is 2.85 bits per heavy atom. The van der Waals surface area contributed by atoms with Gasteiger partial charge in [0.1, 0.15) is 5.65 Å². The summed E-state index contributed by atoms with van der Waals surface area (Å²) in [5.41, 5.74) is 4.36. The lowest BCUT2D eigenvalue weighted by Crippen LogP contribution is -2.48. The van der Waals surface area contributed by atoms with Crippen LogP contribution in [0.5, 0.6) is 0 Å². The van der Waals surface area contributed by atoms with Crippen LogP contribution in [0.3, 0.4) is 0 Å². The lowest BCUT2D eigenvalue weighted by Gasteiger charge is -2.54. The van der Waals surface area contributed by atoms with Crippen LogP contribution in [-0.4, -0.2) is 43.2 Å². The normalized spacial score (nSPS) is 30.3. The van der Waals surface area contributed by atoms with Gasteiger partial charge in [-0.1, -0.05) is 0 Å². The number of fused-ring (bicyclic) bond motifs is 2. The molecule has 6 nitrogen and oxygen atoms in total. The second-order valence-corrected chi connectivity index (χ2v) is 8.32. The molecule has 5 atom stereocenters. The third kappa shape index (κ3) is 2.62. The number of aryl methyl sites for hydroxylation is 1. The Hall–Kier alpha value is -2.18. The number of aliphatic hydroxyl groups excluding tert-OH is 2. The molecule has 0 bridgehead atoms. The van der Waals surface area contributed by atoms with Crippen molar-refractivity contribution in [2.24, 2.45) is 30.7 Å². The minimum absolute atomic E-state index is 0.170. The molecule has 0 aromatic carbocycles. The molecule has 0 saturated heterocycles. The van der Waals surface area contributed by atoms with E-state index in [1.807, 2.05) is 36.5 Å². The zero-order valence-corrected chi connectivity index (χ0v) is 15.5. The van der Waals surface area contributed by atoms with E-state index in [0.29, 0.717) is 17.8 Å². The molecule has 2 aliphatic rings. The summed E-state index contributed by atoms with van der Waals surface area (Å²) < 4.78 is 1.81. The van der Waals surface area contributed by atoms with Crippen LogP contribution in [0, 0.1) is 23.7 Å². The molecular formula is C21H26N4O2. The molecule has 2 aliphatic carbocycles. The van der Waals surface area contributed by atoms with Crippen LogP contribution >= 0.6 is 0 Å². The number of rotatable bonds is 4. The number of hydrogen-bond acceptors (Lipinski definition) is 4. The number of hydrogen-bond donors (Lipinski definition) is 3. The maximum atomic E-state index is 9.97. The van der Waals surface area contributed by atoms with Crippen LogP contribution in [0.4, 0.5) is 0 Å². The lowest BCUT2D eigenvalue weighted by atomic mass is 9.51. The summed E-state index contributed by atoms with van der Waals surface area (Å²) >= 11 is 0. The zero-order chi connectivity index (χ0) is 18.5.